The van der Waals surface area contributed by atoms with Crippen LogP contribution in [-0.4, -0.2) is 71.7 Å². The van der Waals surface area contributed by atoms with Gasteiger partial charge in [-0.3, -0.25) is 0 Å². The normalized spacial score (nSPS) is 11.4. The number of fused-ring (bicyclic) bond motifs is 1. The van der Waals surface area contributed by atoms with E-state index in [4.69, 9.17) is 43.6 Å². The number of aromatic nitrogens is 4. The molecule has 13 nitrogen and oxygen atoms in total. The van der Waals surface area contributed by atoms with Gasteiger partial charge >= 0.3 is 6.09 Å². The maximum Gasteiger partial charge on any atom is 0.407 e. The van der Waals surface area contributed by atoms with Crippen LogP contribution in [-0.2, 0) is 30.9 Å². The molecule has 3 aromatic carbocycles. The van der Waals surface area contributed by atoms with E-state index in [1.807, 2.05) is 83.1 Å². The minimum absolute atomic E-state index is 0.159. The monoisotopic (exact) mass is 786 g/mol. The number of alkyl carbamates (subject to hydrolysis) is 1. The van der Waals surface area contributed by atoms with Crippen molar-refractivity contribution < 1.29 is 33.2 Å². The molecule has 0 aliphatic rings. The van der Waals surface area contributed by atoms with Gasteiger partial charge in [-0.15, -0.1) is 10.2 Å². The maximum absolute atomic E-state index is 12.3. The molecule has 0 bridgehead atoms. The summed E-state index contributed by atoms with van der Waals surface area (Å²) in [5.74, 6) is 4.57. The minimum Gasteiger partial charge on any atom is -0.497 e. The summed E-state index contributed by atoms with van der Waals surface area (Å²) < 4.78 is 36.6. The highest BCUT2D eigenvalue weighted by atomic mass is 32.2. The number of hydrogen-bond donors (Lipinski definition) is 1. The predicted octanol–water partition coefficient (Wildman–Crippen LogP) is 8.43. The quantitative estimate of drug-likeness (QED) is 0.0856. The van der Waals surface area contributed by atoms with Crippen LogP contribution in [0.5, 0.6) is 28.9 Å². The van der Waals surface area contributed by atoms with E-state index < -0.39 is 11.7 Å². The molecule has 0 atom stereocenters. The van der Waals surface area contributed by atoms with Crippen LogP contribution in [0.3, 0.4) is 0 Å². The first-order valence-corrected chi connectivity index (χ1v) is 19.6. The van der Waals surface area contributed by atoms with Crippen molar-refractivity contribution in [1.29, 1.82) is 0 Å². The van der Waals surface area contributed by atoms with Crippen molar-refractivity contribution in [2.45, 2.75) is 91.0 Å². The Labute approximate surface area is 334 Å². The molecular weight excluding hydrogens is 733 g/mol. The van der Waals surface area contributed by atoms with Crippen LogP contribution in [0.25, 0.3) is 11.0 Å². The van der Waals surface area contributed by atoms with Crippen LogP contribution in [0.2, 0.25) is 0 Å². The molecule has 300 valence electrons. The molecule has 0 spiro atoms. The summed E-state index contributed by atoms with van der Waals surface area (Å²) in [5, 5.41) is 13.2. The number of carbonyl (C=O) groups excluding carboxylic acids is 1. The Morgan fingerprint density at radius 3 is 1.95 bits per heavy atom. The zero-order chi connectivity index (χ0) is 40.4. The summed E-state index contributed by atoms with van der Waals surface area (Å²) in [6.07, 6.45) is 0.351. The van der Waals surface area contributed by atoms with Crippen molar-refractivity contribution in [1.82, 2.24) is 25.1 Å². The van der Waals surface area contributed by atoms with E-state index in [-0.39, 0.29) is 6.10 Å². The molecule has 1 N–H and O–H groups in total. The number of benzene rings is 3. The van der Waals surface area contributed by atoms with Crippen LogP contribution in [0.15, 0.2) is 65.8 Å². The lowest BCUT2D eigenvalue weighted by Crippen LogP contribution is -2.32. The third-order valence-electron chi connectivity index (χ3n) is 8.57. The van der Waals surface area contributed by atoms with Crippen molar-refractivity contribution in [3.8, 4) is 28.9 Å². The van der Waals surface area contributed by atoms with Gasteiger partial charge in [0.25, 0.3) is 5.88 Å². The number of anilines is 1. The molecule has 0 aliphatic heterocycles. The molecule has 5 rings (SSSR count). The van der Waals surface area contributed by atoms with Gasteiger partial charge in [0.05, 0.1) is 41.1 Å². The van der Waals surface area contributed by atoms with Crippen LogP contribution in [0, 0.1) is 0 Å². The highest BCUT2D eigenvalue weighted by Gasteiger charge is 2.27. The summed E-state index contributed by atoms with van der Waals surface area (Å²) >= 11 is 1.68. The van der Waals surface area contributed by atoms with Gasteiger partial charge in [-0.1, -0.05) is 43.0 Å². The van der Waals surface area contributed by atoms with Crippen molar-refractivity contribution in [3.05, 3.63) is 82.9 Å². The number of nitrogens with one attached hydrogen (secondary N) is 1. The molecule has 1 amide bonds. The Morgan fingerprint density at radius 1 is 0.839 bits per heavy atom. The number of hydrogen-bond acceptors (Lipinski definition) is 12. The van der Waals surface area contributed by atoms with Gasteiger partial charge in [0.1, 0.15) is 39.6 Å². The van der Waals surface area contributed by atoms with Crippen LogP contribution >= 0.6 is 11.8 Å². The standard InChI is InChI=1S/C42H54N6O7S/c1-11-20-56-40-44-36-37(48(40)24-29-14-12-28(13-15-29)23-43-41(49)55-42(4,5)6)39(54-27(2)3)46-45-38(36)47(25-30-16-18-32(50-7)21-34(30)52-9)26-31-17-19-33(51-8)22-35(31)53-10/h12-19,21-22,27H,11,20,23-26H2,1-10H3,(H,43,49). The zero-order valence-corrected chi connectivity index (χ0v) is 34.9. The first-order valence-electron chi connectivity index (χ1n) is 18.6. The number of rotatable bonds is 18. The van der Waals surface area contributed by atoms with E-state index in [9.17, 15) is 4.79 Å². The third kappa shape index (κ3) is 10.7. The van der Waals surface area contributed by atoms with Gasteiger partial charge in [0.2, 0.25) is 0 Å². The lowest BCUT2D eigenvalue weighted by atomic mass is 10.1. The first kappa shape index (κ1) is 41.8. The molecular formula is C42H54N6O7S. The average Bonchev–Trinajstić information content (AvgIpc) is 3.53. The Hall–Kier alpha value is -5.37. The van der Waals surface area contributed by atoms with Crippen LogP contribution in [0.4, 0.5) is 10.6 Å². The van der Waals surface area contributed by atoms with Gasteiger partial charge < -0.3 is 43.2 Å². The van der Waals surface area contributed by atoms with Gasteiger partial charge in [0.15, 0.2) is 11.0 Å². The second kappa shape index (κ2) is 19.0. The summed E-state index contributed by atoms with van der Waals surface area (Å²) in [7, 11) is 6.56. The number of nitrogens with zero attached hydrogens (tertiary/aromatic N) is 5. The van der Waals surface area contributed by atoms with Gasteiger partial charge in [-0.25, -0.2) is 9.78 Å². The van der Waals surface area contributed by atoms with E-state index in [0.717, 1.165) is 45.1 Å². The molecule has 0 radical (unpaired) electrons. The summed E-state index contributed by atoms with van der Waals surface area (Å²) in [6, 6.07) is 19.7. The molecule has 14 heteroatoms. The second-order valence-corrected chi connectivity index (χ2v) is 15.5. The molecule has 0 fully saturated rings. The molecule has 0 saturated carbocycles. The molecule has 0 unspecified atom stereocenters. The van der Waals surface area contributed by atoms with Gasteiger partial charge in [-0.2, -0.15) is 0 Å². The average molecular weight is 787 g/mol. The van der Waals surface area contributed by atoms with Crippen LogP contribution in [0.1, 0.15) is 70.2 Å². The number of ether oxygens (including phenoxy) is 6. The van der Waals surface area contributed by atoms with Crippen molar-refractivity contribution >= 4 is 34.7 Å². The minimum atomic E-state index is -0.570. The number of imidazole rings is 1. The van der Waals surface area contributed by atoms with Crippen molar-refractivity contribution in [3.63, 3.8) is 0 Å². The third-order valence-corrected chi connectivity index (χ3v) is 9.76. The fourth-order valence-electron chi connectivity index (χ4n) is 5.97. The van der Waals surface area contributed by atoms with E-state index >= 15 is 0 Å². The number of thioether (sulfide) groups is 1. The maximum atomic E-state index is 12.3. The number of amides is 1. The molecule has 0 saturated heterocycles. The van der Waals surface area contributed by atoms with Crippen LogP contribution < -0.4 is 33.9 Å². The Bertz CT molecular complexity index is 2020. The molecule has 0 aliphatic carbocycles. The fourth-order valence-corrected chi connectivity index (χ4v) is 6.83. The Balaban J connectivity index is 1.62. The molecule has 2 heterocycles. The summed E-state index contributed by atoms with van der Waals surface area (Å²) in [5.41, 5.74) is 4.66. The Kier molecular flexibility index (Phi) is 14.2. The lowest BCUT2D eigenvalue weighted by Gasteiger charge is -2.26. The molecule has 5 aromatic rings. The van der Waals surface area contributed by atoms with Gasteiger partial charge in [-0.05, 0) is 76.4 Å². The van der Waals surface area contributed by atoms with E-state index in [1.165, 1.54) is 0 Å². The first-order chi connectivity index (χ1) is 26.9. The topological polar surface area (TPSA) is 131 Å². The highest BCUT2D eigenvalue weighted by Crippen LogP contribution is 2.38. The fraction of sp³-hybridized carbons (Fsp3) is 0.429. The van der Waals surface area contributed by atoms with E-state index in [1.54, 1.807) is 40.2 Å². The smallest absolute Gasteiger partial charge is 0.407 e. The van der Waals surface area contributed by atoms with E-state index in [0.29, 0.717) is 66.4 Å². The largest absolute Gasteiger partial charge is 0.497 e. The highest BCUT2D eigenvalue weighted by molar-refractivity contribution is 7.99. The van der Waals surface area contributed by atoms with Crippen molar-refractivity contribution in [2.24, 2.45) is 0 Å². The zero-order valence-electron chi connectivity index (χ0n) is 34.1. The predicted molar refractivity (Wildman–Crippen MR) is 220 cm³/mol. The van der Waals surface area contributed by atoms with Gasteiger partial charge in [0, 0.05) is 48.6 Å². The number of methoxy groups -OCH3 is 4. The number of carbonyl (C=O) groups is 1. The second-order valence-electron chi connectivity index (χ2n) is 14.4. The van der Waals surface area contributed by atoms with Crippen molar-refractivity contribution in [2.75, 3.05) is 39.1 Å². The molecule has 56 heavy (non-hydrogen) atoms. The summed E-state index contributed by atoms with van der Waals surface area (Å²) in [6.45, 7) is 13.3. The lowest BCUT2D eigenvalue weighted by molar-refractivity contribution is 0.0523. The van der Waals surface area contributed by atoms with E-state index in [2.05, 4.69) is 33.8 Å². The SMILES string of the molecule is CCCSc1nc2c(N(Cc3ccc(OC)cc3OC)Cc3ccc(OC)cc3OC)nnc(OC(C)C)c2n1Cc1ccc(CNC(=O)OC(C)(C)C)cc1. The Morgan fingerprint density at radius 2 is 1.43 bits per heavy atom. The summed E-state index contributed by atoms with van der Waals surface area (Å²) in [4.78, 5) is 19.7. The molecule has 2 aromatic heterocycles.